The molecule has 0 radical (unpaired) electrons. The second-order valence-corrected chi connectivity index (χ2v) is 4.54. The van der Waals surface area contributed by atoms with Gasteiger partial charge in [-0.05, 0) is 42.5 Å². The summed E-state index contributed by atoms with van der Waals surface area (Å²) in [5.41, 5.74) is 1.98. The van der Waals surface area contributed by atoms with Crippen molar-refractivity contribution in [1.29, 1.82) is 0 Å². The van der Waals surface area contributed by atoms with Crippen molar-refractivity contribution in [2.24, 2.45) is 0 Å². The summed E-state index contributed by atoms with van der Waals surface area (Å²) < 4.78 is 15.4. The molecule has 0 aliphatic carbocycles. The maximum Gasteiger partial charge on any atom is 0.132 e. The fraction of sp³-hybridized carbons (Fsp3) is 0. The topological polar surface area (TPSA) is 17.8 Å². The first kappa shape index (κ1) is 11.9. The SMILES string of the molecule is Fc1ccccc1-c1ccn(-c2ccc(Cl)cc2)n1. The van der Waals surface area contributed by atoms with Crippen LogP contribution in [-0.4, -0.2) is 9.78 Å². The Kier molecular flexibility index (Phi) is 3.05. The average Bonchev–Trinajstić information content (AvgIpc) is 2.89. The van der Waals surface area contributed by atoms with E-state index in [1.165, 1.54) is 6.07 Å². The molecule has 3 aromatic rings. The fourth-order valence-electron chi connectivity index (χ4n) is 1.87. The van der Waals surface area contributed by atoms with Gasteiger partial charge in [-0.1, -0.05) is 23.7 Å². The maximum absolute atomic E-state index is 13.7. The molecule has 2 aromatic carbocycles. The van der Waals surface area contributed by atoms with Crippen LogP contribution in [0.5, 0.6) is 0 Å². The Balaban J connectivity index is 2.00. The lowest BCUT2D eigenvalue weighted by Gasteiger charge is -2.01. The summed E-state index contributed by atoms with van der Waals surface area (Å²) in [5, 5.41) is 5.05. The first-order valence-corrected chi connectivity index (χ1v) is 6.18. The Morgan fingerprint density at radius 1 is 0.947 bits per heavy atom. The summed E-state index contributed by atoms with van der Waals surface area (Å²) in [6.07, 6.45) is 1.80. The number of rotatable bonds is 2. The van der Waals surface area contributed by atoms with E-state index in [4.69, 9.17) is 11.6 Å². The number of benzene rings is 2. The van der Waals surface area contributed by atoms with Gasteiger partial charge in [-0.2, -0.15) is 5.10 Å². The molecule has 0 fully saturated rings. The van der Waals surface area contributed by atoms with E-state index >= 15 is 0 Å². The molecule has 0 aliphatic rings. The van der Waals surface area contributed by atoms with Crippen molar-refractivity contribution >= 4 is 11.6 Å². The molecule has 19 heavy (non-hydrogen) atoms. The molecule has 4 heteroatoms. The zero-order valence-corrected chi connectivity index (χ0v) is 10.7. The van der Waals surface area contributed by atoms with Crippen LogP contribution >= 0.6 is 11.6 Å². The molecule has 2 nitrogen and oxygen atoms in total. The Morgan fingerprint density at radius 2 is 1.68 bits per heavy atom. The van der Waals surface area contributed by atoms with Crippen molar-refractivity contribution in [3.63, 3.8) is 0 Å². The maximum atomic E-state index is 13.7. The summed E-state index contributed by atoms with van der Waals surface area (Å²) in [7, 11) is 0. The molecule has 3 rings (SSSR count). The Bertz CT molecular complexity index is 704. The highest BCUT2D eigenvalue weighted by molar-refractivity contribution is 6.30. The third-order valence-corrected chi connectivity index (χ3v) is 3.08. The molecule has 0 N–H and O–H groups in total. The number of halogens is 2. The van der Waals surface area contributed by atoms with E-state index in [2.05, 4.69) is 5.10 Å². The molecule has 0 spiro atoms. The van der Waals surface area contributed by atoms with Gasteiger partial charge in [0.15, 0.2) is 0 Å². The van der Waals surface area contributed by atoms with Crippen molar-refractivity contribution in [2.75, 3.05) is 0 Å². The van der Waals surface area contributed by atoms with Crippen LogP contribution < -0.4 is 0 Å². The molecule has 0 atom stereocenters. The van der Waals surface area contributed by atoms with Gasteiger partial charge in [-0.25, -0.2) is 9.07 Å². The minimum Gasteiger partial charge on any atom is -0.240 e. The van der Waals surface area contributed by atoms with Crippen LogP contribution in [0, 0.1) is 5.82 Å². The van der Waals surface area contributed by atoms with Gasteiger partial charge in [-0.3, -0.25) is 0 Å². The van der Waals surface area contributed by atoms with Crippen LogP contribution in [-0.2, 0) is 0 Å². The monoisotopic (exact) mass is 272 g/mol. The van der Waals surface area contributed by atoms with Gasteiger partial charge >= 0.3 is 0 Å². The molecule has 0 bridgehead atoms. The van der Waals surface area contributed by atoms with Crippen molar-refractivity contribution in [2.45, 2.75) is 0 Å². The molecule has 94 valence electrons. The Hall–Kier alpha value is -2.13. The van der Waals surface area contributed by atoms with E-state index in [9.17, 15) is 4.39 Å². The molecule has 1 aromatic heterocycles. The van der Waals surface area contributed by atoms with Gasteiger partial charge in [0, 0.05) is 16.8 Å². The second kappa shape index (κ2) is 4.86. The van der Waals surface area contributed by atoms with Gasteiger partial charge in [-0.15, -0.1) is 0 Å². The predicted octanol–water partition coefficient (Wildman–Crippen LogP) is 4.33. The van der Waals surface area contributed by atoms with E-state index in [0.29, 0.717) is 16.3 Å². The van der Waals surface area contributed by atoms with E-state index in [1.807, 2.05) is 12.1 Å². The predicted molar refractivity (Wildman–Crippen MR) is 74.0 cm³/mol. The van der Waals surface area contributed by atoms with E-state index < -0.39 is 0 Å². The summed E-state index contributed by atoms with van der Waals surface area (Å²) in [6, 6.07) is 15.7. The minimum absolute atomic E-state index is 0.274. The van der Waals surface area contributed by atoms with Crippen LogP contribution in [0.1, 0.15) is 0 Å². The first-order valence-electron chi connectivity index (χ1n) is 5.80. The van der Waals surface area contributed by atoms with Crippen molar-refractivity contribution in [3.8, 4) is 16.9 Å². The van der Waals surface area contributed by atoms with Crippen LogP contribution in [0.4, 0.5) is 4.39 Å². The zero-order chi connectivity index (χ0) is 13.2. The van der Waals surface area contributed by atoms with E-state index in [0.717, 1.165) is 5.69 Å². The average molecular weight is 273 g/mol. The molecular formula is C15H10ClFN2. The zero-order valence-electron chi connectivity index (χ0n) is 9.92. The molecule has 1 heterocycles. The van der Waals surface area contributed by atoms with Crippen molar-refractivity contribution < 1.29 is 4.39 Å². The Morgan fingerprint density at radius 3 is 2.42 bits per heavy atom. The van der Waals surface area contributed by atoms with E-state index in [1.54, 1.807) is 47.3 Å². The lowest BCUT2D eigenvalue weighted by Crippen LogP contribution is -1.94. The molecule has 0 amide bonds. The lowest BCUT2D eigenvalue weighted by atomic mass is 10.1. The third-order valence-electron chi connectivity index (χ3n) is 2.83. The summed E-state index contributed by atoms with van der Waals surface area (Å²) in [5.74, 6) is -0.274. The highest BCUT2D eigenvalue weighted by Crippen LogP contribution is 2.21. The van der Waals surface area contributed by atoms with Crippen LogP contribution in [0.3, 0.4) is 0 Å². The van der Waals surface area contributed by atoms with Crippen LogP contribution in [0.2, 0.25) is 5.02 Å². The quantitative estimate of drug-likeness (QED) is 0.679. The molecule has 0 aliphatic heterocycles. The van der Waals surface area contributed by atoms with Gasteiger partial charge in [0.05, 0.1) is 11.4 Å². The largest absolute Gasteiger partial charge is 0.240 e. The fourth-order valence-corrected chi connectivity index (χ4v) is 2.00. The highest BCUT2D eigenvalue weighted by Gasteiger charge is 2.07. The molecule has 0 unspecified atom stereocenters. The number of hydrogen-bond acceptors (Lipinski definition) is 1. The standard InChI is InChI=1S/C15H10ClFN2/c16-11-5-7-12(8-6-11)19-10-9-15(18-19)13-3-1-2-4-14(13)17/h1-10H. The van der Waals surface area contributed by atoms with Gasteiger partial charge < -0.3 is 0 Å². The van der Waals surface area contributed by atoms with Crippen LogP contribution in [0.15, 0.2) is 60.8 Å². The summed E-state index contributed by atoms with van der Waals surface area (Å²) in [4.78, 5) is 0. The van der Waals surface area contributed by atoms with Crippen molar-refractivity contribution in [1.82, 2.24) is 9.78 Å². The highest BCUT2D eigenvalue weighted by atomic mass is 35.5. The Labute approximate surface area is 115 Å². The molecule has 0 saturated heterocycles. The van der Waals surface area contributed by atoms with Gasteiger partial charge in [0.25, 0.3) is 0 Å². The third kappa shape index (κ3) is 2.37. The van der Waals surface area contributed by atoms with E-state index in [-0.39, 0.29) is 5.82 Å². The number of aromatic nitrogens is 2. The second-order valence-electron chi connectivity index (χ2n) is 4.10. The first-order chi connectivity index (χ1) is 9.24. The normalized spacial score (nSPS) is 10.6. The minimum atomic E-state index is -0.274. The van der Waals surface area contributed by atoms with Gasteiger partial charge in [0.1, 0.15) is 5.82 Å². The van der Waals surface area contributed by atoms with Crippen molar-refractivity contribution in [3.05, 3.63) is 71.6 Å². The summed E-state index contributed by atoms with van der Waals surface area (Å²) in [6.45, 7) is 0. The van der Waals surface area contributed by atoms with Gasteiger partial charge in [0.2, 0.25) is 0 Å². The number of nitrogens with zero attached hydrogens (tertiary/aromatic N) is 2. The smallest absolute Gasteiger partial charge is 0.132 e. The lowest BCUT2D eigenvalue weighted by molar-refractivity contribution is 0.630. The van der Waals surface area contributed by atoms with Crippen LogP contribution in [0.25, 0.3) is 16.9 Å². The summed E-state index contributed by atoms with van der Waals surface area (Å²) >= 11 is 5.84. The molecular weight excluding hydrogens is 263 g/mol. The number of hydrogen-bond donors (Lipinski definition) is 0. The molecule has 0 saturated carbocycles.